The number of aliphatic hydroxyl groups excluding tert-OH is 1. The van der Waals surface area contributed by atoms with Gasteiger partial charge in [0, 0.05) is 39.3 Å². The van der Waals surface area contributed by atoms with Crippen LogP contribution in [0.15, 0.2) is 56.3 Å². The summed E-state index contributed by atoms with van der Waals surface area (Å²) in [6.45, 7) is 4.61. The molecule has 0 amide bonds. The van der Waals surface area contributed by atoms with Crippen molar-refractivity contribution in [3.8, 4) is 17.2 Å². The zero-order valence-electron chi connectivity index (χ0n) is 16.4. The number of aromatic hydroxyl groups is 1. The van der Waals surface area contributed by atoms with Crippen molar-refractivity contribution in [1.29, 1.82) is 0 Å². The SMILES string of the molecule is O=c1c(Oc2ccccc2Br)coc2c(CN3CCN(CCO)CC3)c(O)ccc12. The molecular formula is C22H23BrN2O5. The number of para-hydroxylation sites is 1. The number of phenols is 1. The first-order valence-corrected chi connectivity index (χ1v) is 10.6. The fraction of sp³-hybridized carbons (Fsp3) is 0.318. The van der Waals surface area contributed by atoms with E-state index in [1.54, 1.807) is 12.1 Å². The van der Waals surface area contributed by atoms with Crippen LogP contribution in [0.2, 0.25) is 0 Å². The molecule has 2 aromatic carbocycles. The third-order valence-electron chi connectivity index (χ3n) is 5.31. The summed E-state index contributed by atoms with van der Waals surface area (Å²) in [6.07, 6.45) is 1.30. The number of nitrogens with zero attached hydrogens (tertiary/aromatic N) is 2. The van der Waals surface area contributed by atoms with Crippen LogP contribution in [0, 0.1) is 0 Å². The maximum atomic E-state index is 13.0. The highest BCUT2D eigenvalue weighted by Gasteiger charge is 2.21. The molecule has 8 heteroatoms. The van der Waals surface area contributed by atoms with Gasteiger partial charge in [0.1, 0.15) is 23.3 Å². The predicted molar refractivity (Wildman–Crippen MR) is 117 cm³/mol. The Labute approximate surface area is 182 Å². The van der Waals surface area contributed by atoms with Crippen molar-refractivity contribution >= 4 is 26.9 Å². The molecule has 0 atom stereocenters. The first kappa shape index (κ1) is 20.9. The summed E-state index contributed by atoms with van der Waals surface area (Å²) in [7, 11) is 0. The monoisotopic (exact) mass is 474 g/mol. The zero-order chi connectivity index (χ0) is 21.1. The van der Waals surface area contributed by atoms with Crippen molar-refractivity contribution < 1.29 is 19.4 Å². The summed E-state index contributed by atoms with van der Waals surface area (Å²) in [4.78, 5) is 17.4. The minimum absolute atomic E-state index is 0.0867. The van der Waals surface area contributed by atoms with Crippen molar-refractivity contribution in [2.75, 3.05) is 39.3 Å². The topological polar surface area (TPSA) is 86.4 Å². The maximum absolute atomic E-state index is 13.0. The second kappa shape index (κ2) is 9.18. The summed E-state index contributed by atoms with van der Waals surface area (Å²) in [5.74, 6) is 0.704. The van der Waals surface area contributed by atoms with Crippen LogP contribution >= 0.6 is 15.9 Å². The smallest absolute Gasteiger partial charge is 0.235 e. The Morgan fingerprint density at radius 3 is 2.50 bits per heavy atom. The molecule has 2 heterocycles. The molecule has 3 aromatic rings. The number of β-amino-alcohol motifs (C(OH)–C–C–N with tert-alkyl or cyclic N) is 1. The van der Waals surface area contributed by atoms with Crippen LogP contribution < -0.4 is 10.2 Å². The average molecular weight is 475 g/mol. The van der Waals surface area contributed by atoms with Crippen LogP contribution in [0.1, 0.15) is 5.56 Å². The molecule has 30 heavy (non-hydrogen) atoms. The number of hydrogen-bond acceptors (Lipinski definition) is 7. The third-order valence-corrected chi connectivity index (χ3v) is 5.96. The summed E-state index contributed by atoms with van der Waals surface area (Å²) >= 11 is 3.40. The molecule has 1 saturated heterocycles. The Hall–Kier alpha value is -2.39. The van der Waals surface area contributed by atoms with E-state index in [-0.39, 0.29) is 23.5 Å². The fourth-order valence-corrected chi connectivity index (χ4v) is 4.00. The van der Waals surface area contributed by atoms with Gasteiger partial charge >= 0.3 is 0 Å². The normalized spacial score (nSPS) is 15.5. The fourth-order valence-electron chi connectivity index (χ4n) is 3.63. The molecule has 1 aliphatic heterocycles. The molecule has 1 aliphatic rings. The number of benzene rings is 2. The summed E-state index contributed by atoms with van der Waals surface area (Å²) in [6, 6.07) is 10.4. The Bertz CT molecular complexity index is 1090. The first-order valence-electron chi connectivity index (χ1n) is 9.81. The maximum Gasteiger partial charge on any atom is 0.235 e. The molecule has 2 N–H and O–H groups in total. The van der Waals surface area contributed by atoms with Gasteiger partial charge in [0.2, 0.25) is 11.2 Å². The molecule has 4 rings (SSSR count). The van der Waals surface area contributed by atoms with Crippen molar-refractivity contribution in [3.05, 3.63) is 62.9 Å². The average Bonchev–Trinajstić information content (AvgIpc) is 2.75. The highest BCUT2D eigenvalue weighted by molar-refractivity contribution is 9.10. The Balaban J connectivity index is 1.60. The second-order valence-corrected chi connectivity index (χ2v) is 8.10. The van der Waals surface area contributed by atoms with Gasteiger partial charge in [0.25, 0.3) is 0 Å². The highest BCUT2D eigenvalue weighted by atomic mass is 79.9. The van der Waals surface area contributed by atoms with Crippen molar-refractivity contribution in [1.82, 2.24) is 9.80 Å². The number of halogens is 1. The quantitative estimate of drug-likeness (QED) is 0.567. The van der Waals surface area contributed by atoms with Crippen molar-refractivity contribution in [3.63, 3.8) is 0 Å². The highest BCUT2D eigenvalue weighted by Crippen LogP contribution is 2.31. The summed E-state index contributed by atoms with van der Waals surface area (Å²) in [5, 5.41) is 19.9. The van der Waals surface area contributed by atoms with Gasteiger partial charge in [-0.1, -0.05) is 12.1 Å². The van der Waals surface area contributed by atoms with Gasteiger partial charge in [-0.3, -0.25) is 14.6 Å². The van der Waals surface area contributed by atoms with Crippen LogP contribution in [0.25, 0.3) is 11.0 Å². The van der Waals surface area contributed by atoms with E-state index < -0.39 is 0 Å². The Morgan fingerprint density at radius 1 is 1.03 bits per heavy atom. The lowest BCUT2D eigenvalue weighted by Gasteiger charge is -2.34. The van der Waals surface area contributed by atoms with E-state index in [2.05, 4.69) is 25.7 Å². The summed E-state index contributed by atoms with van der Waals surface area (Å²) in [5.41, 5.74) is 0.672. The van der Waals surface area contributed by atoms with Crippen molar-refractivity contribution in [2.24, 2.45) is 0 Å². The molecule has 158 valence electrons. The van der Waals surface area contributed by atoms with Gasteiger partial charge in [0.15, 0.2) is 0 Å². The van der Waals surface area contributed by atoms with Crippen molar-refractivity contribution in [2.45, 2.75) is 6.54 Å². The van der Waals surface area contributed by atoms with Crippen LogP contribution in [0.5, 0.6) is 17.2 Å². The number of piperazine rings is 1. The van der Waals surface area contributed by atoms with Crippen LogP contribution in [0.4, 0.5) is 0 Å². The number of hydrogen-bond donors (Lipinski definition) is 2. The molecular weight excluding hydrogens is 452 g/mol. The van der Waals surface area contributed by atoms with Crippen LogP contribution in [-0.2, 0) is 6.54 Å². The second-order valence-electron chi connectivity index (χ2n) is 7.24. The van der Waals surface area contributed by atoms with E-state index >= 15 is 0 Å². The lowest BCUT2D eigenvalue weighted by atomic mass is 10.1. The van der Waals surface area contributed by atoms with E-state index in [1.807, 2.05) is 18.2 Å². The van der Waals surface area contributed by atoms with Crippen LogP contribution in [0.3, 0.4) is 0 Å². The number of rotatable bonds is 6. The number of fused-ring (bicyclic) bond motifs is 1. The molecule has 1 aromatic heterocycles. The Morgan fingerprint density at radius 2 is 1.77 bits per heavy atom. The van der Waals surface area contributed by atoms with Gasteiger partial charge in [-0.2, -0.15) is 0 Å². The third kappa shape index (κ3) is 4.37. The van der Waals surface area contributed by atoms with E-state index in [0.717, 1.165) is 30.7 Å². The Kier molecular flexibility index (Phi) is 6.38. The van der Waals surface area contributed by atoms with E-state index in [1.165, 1.54) is 12.3 Å². The molecule has 0 aliphatic carbocycles. The lowest BCUT2D eigenvalue weighted by molar-refractivity contribution is 0.108. The molecule has 7 nitrogen and oxygen atoms in total. The number of phenolic OH excluding ortho intramolecular Hbond substituents is 1. The molecule has 0 unspecified atom stereocenters. The standard InChI is InChI=1S/C22H23BrN2O5/c23-17-3-1-2-4-19(17)30-20-14-29-22-15(21(20)28)5-6-18(27)16(22)13-25-9-7-24(8-10-25)11-12-26/h1-6,14,26-27H,7-13H2. The zero-order valence-corrected chi connectivity index (χ0v) is 18.0. The van der Waals surface area contributed by atoms with Gasteiger partial charge in [0.05, 0.1) is 22.0 Å². The van der Waals surface area contributed by atoms with Crippen LogP contribution in [-0.4, -0.2) is 59.3 Å². The van der Waals surface area contributed by atoms with Gasteiger partial charge in [-0.15, -0.1) is 0 Å². The molecule has 0 bridgehead atoms. The number of ether oxygens (including phenoxy) is 1. The minimum Gasteiger partial charge on any atom is -0.507 e. The van der Waals surface area contributed by atoms with Gasteiger partial charge in [-0.05, 0) is 40.2 Å². The largest absolute Gasteiger partial charge is 0.507 e. The molecule has 0 radical (unpaired) electrons. The molecule has 1 fully saturated rings. The van der Waals surface area contributed by atoms with Gasteiger partial charge in [-0.25, -0.2) is 0 Å². The summed E-state index contributed by atoms with van der Waals surface area (Å²) < 4.78 is 12.3. The van der Waals surface area contributed by atoms with Gasteiger partial charge < -0.3 is 19.4 Å². The molecule has 0 saturated carbocycles. The molecule has 0 spiro atoms. The minimum atomic E-state index is -0.291. The van der Waals surface area contributed by atoms with E-state index in [9.17, 15) is 9.90 Å². The predicted octanol–water partition coefficient (Wildman–Crippen LogP) is 3.16. The first-order chi connectivity index (χ1) is 14.6. The number of aliphatic hydroxyl groups is 1. The lowest BCUT2D eigenvalue weighted by Crippen LogP contribution is -2.46. The van der Waals surface area contributed by atoms with E-state index in [4.69, 9.17) is 14.3 Å². The van der Waals surface area contributed by atoms with E-state index in [0.29, 0.717) is 35.4 Å².